The van der Waals surface area contributed by atoms with Gasteiger partial charge in [-0.25, -0.2) is 13.4 Å². The van der Waals surface area contributed by atoms with Crippen molar-refractivity contribution in [2.24, 2.45) is 0 Å². The van der Waals surface area contributed by atoms with Crippen molar-refractivity contribution < 1.29 is 17.6 Å². The maximum Gasteiger partial charge on any atom is 0.246 e. The van der Waals surface area contributed by atoms with E-state index in [4.69, 9.17) is 9.15 Å². The summed E-state index contributed by atoms with van der Waals surface area (Å²) in [6.45, 7) is 2.47. The van der Waals surface area contributed by atoms with Crippen LogP contribution in [0.25, 0.3) is 11.3 Å². The second-order valence-corrected chi connectivity index (χ2v) is 8.41. The number of oxazole rings is 1. The summed E-state index contributed by atoms with van der Waals surface area (Å²) in [7, 11) is -3.57. The van der Waals surface area contributed by atoms with Crippen LogP contribution in [0.2, 0.25) is 0 Å². The fraction of sp³-hybridized carbons (Fsp3) is 0.312. The Hall–Kier alpha value is -2.30. The third-order valence-corrected chi connectivity index (χ3v) is 6.48. The van der Waals surface area contributed by atoms with Crippen LogP contribution >= 0.6 is 11.7 Å². The number of benzene rings is 1. The highest BCUT2D eigenvalue weighted by atomic mass is 32.2. The Balaban J connectivity index is 1.48. The molecule has 0 amide bonds. The summed E-state index contributed by atoms with van der Waals surface area (Å²) < 4.78 is 45.9. The molecule has 0 aliphatic carbocycles. The van der Waals surface area contributed by atoms with Gasteiger partial charge in [0.05, 0.1) is 23.2 Å². The highest BCUT2D eigenvalue weighted by Gasteiger charge is 2.34. The van der Waals surface area contributed by atoms with Crippen molar-refractivity contribution in [3.63, 3.8) is 0 Å². The molecule has 1 unspecified atom stereocenters. The molecule has 0 radical (unpaired) electrons. The lowest BCUT2D eigenvalue weighted by atomic mass is 10.2. The van der Waals surface area contributed by atoms with Crippen molar-refractivity contribution in [1.82, 2.24) is 18.0 Å². The zero-order valence-corrected chi connectivity index (χ0v) is 15.5. The van der Waals surface area contributed by atoms with E-state index in [1.165, 1.54) is 10.5 Å². The Morgan fingerprint density at radius 3 is 2.77 bits per heavy atom. The lowest BCUT2D eigenvalue weighted by Crippen LogP contribution is -2.31. The van der Waals surface area contributed by atoms with E-state index in [1.807, 2.05) is 0 Å². The lowest BCUT2D eigenvalue weighted by molar-refractivity contribution is 0.208. The van der Waals surface area contributed by atoms with Crippen molar-refractivity contribution in [3.8, 4) is 17.1 Å². The number of rotatable bonds is 5. The number of hydrogen-bond acceptors (Lipinski definition) is 8. The minimum atomic E-state index is -3.57. The highest BCUT2D eigenvalue weighted by Crippen LogP contribution is 2.26. The molecule has 26 heavy (non-hydrogen) atoms. The first kappa shape index (κ1) is 17.1. The van der Waals surface area contributed by atoms with E-state index in [0.29, 0.717) is 37.0 Å². The molecule has 3 aromatic rings. The van der Waals surface area contributed by atoms with Crippen LogP contribution in [0.4, 0.5) is 0 Å². The summed E-state index contributed by atoms with van der Waals surface area (Å²) in [6, 6.07) is 6.64. The van der Waals surface area contributed by atoms with Crippen molar-refractivity contribution in [1.29, 1.82) is 0 Å². The summed E-state index contributed by atoms with van der Waals surface area (Å²) in [5, 5.41) is 0. The van der Waals surface area contributed by atoms with E-state index < -0.39 is 10.0 Å². The van der Waals surface area contributed by atoms with Crippen LogP contribution in [-0.4, -0.2) is 45.6 Å². The molecule has 1 saturated heterocycles. The molecule has 8 nitrogen and oxygen atoms in total. The topological polar surface area (TPSA) is 98.4 Å². The molecule has 1 atom stereocenters. The van der Waals surface area contributed by atoms with Crippen molar-refractivity contribution in [2.45, 2.75) is 24.3 Å². The first-order valence-electron chi connectivity index (χ1n) is 7.99. The third kappa shape index (κ3) is 3.35. The second kappa shape index (κ2) is 6.78. The molecule has 2 aromatic heterocycles. The predicted octanol–water partition coefficient (Wildman–Crippen LogP) is 2.34. The average molecular weight is 392 g/mol. The van der Waals surface area contributed by atoms with Gasteiger partial charge >= 0.3 is 0 Å². The Labute approximate surface area is 154 Å². The molecule has 10 heteroatoms. The van der Waals surface area contributed by atoms with Gasteiger partial charge in [-0.3, -0.25) is 0 Å². The quantitative estimate of drug-likeness (QED) is 0.657. The molecule has 0 spiro atoms. The first-order chi connectivity index (χ1) is 12.5. The lowest BCUT2D eigenvalue weighted by Gasteiger charge is -2.16. The summed E-state index contributed by atoms with van der Waals surface area (Å²) in [5.74, 6) is 1.00. The predicted molar refractivity (Wildman–Crippen MR) is 94.4 cm³/mol. The van der Waals surface area contributed by atoms with Crippen molar-refractivity contribution in [2.75, 3.05) is 13.1 Å². The Morgan fingerprint density at radius 2 is 2.12 bits per heavy atom. The number of ether oxygens (including phenoxy) is 1. The molecular formula is C16H16N4O4S2. The second-order valence-electron chi connectivity index (χ2n) is 5.91. The maximum atomic E-state index is 12.8. The molecule has 136 valence electrons. The molecule has 1 aliphatic heterocycles. The number of nitrogens with zero attached hydrogens (tertiary/aromatic N) is 4. The Morgan fingerprint density at radius 1 is 1.31 bits per heavy atom. The summed E-state index contributed by atoms with van der Waals surface area (Å²) in [5.41, 5.74) is 1.48. The molecule has 3 heterocycles. The molecule has 1 fully saturated rings. The number of aryl methyl sites for hydroxylation is 1. The van der Waals surface area contributed by atoms with Crippen LogP contribution in [0.1, 0.15) is 12.3 Å². The van der Waals surface area contributed by atoms with E-state index in [1.54, 1.807) is 37.5 Å². The average Bonchev–Trinajstić information content (AvgIpc) is 3.38. The largest absolute Gasteiger partial charge is 0.471 e. The van der Waals surface area contributed by atoms with Gasteiger partial charge in [0, 0.05) is 19.0 Å². The van der Waals surface area contributed by atoms with Gasteiger partial charge in [0.1, 0.15) is 24.3 Å². The van der Waals surface area contributed by atoms with E-state index >= 15 is 0 Å². The first-order valence-corrected chi connectivity index (χ1v) is 10.2. The number of sulfonamides is 1. The monoisotopic (exact) mass is 392 g/mol. The fourth-order valence-corrected chi connectivity index (χ4v) is 4.68. The molecule has 1 aliphatic rings. The molecule has 1 aromatic carbocycles. The standard InChI is InChI=1S/C16H16N4O4S2/c1-11-18-15(10-23-11)12-2-4-14(5-3-12)26(21,22)20-7-6-13(9-20)24-16-8-17-25-19-16/h2-5,8,10,13H,6-7,9H2,1H3. The van der Waals surface area contributed by atoms with E-state index in [-0.39, 0.29) is 11.0 Å². The number of aromatic nitrogens is 3. The van der Waals surface area contributed by atoms with Crippen LogP contribution in [0.3, 0.4) is 0 Å². The molecule has 4 rings (SSSR count). The van der Waals surface area contributed by atoms with Gasteiger partial charge < -0.3 is 9.15 Å². The summed E-state index contributed by atoms with van der Waals surface area (Å²) in [6.07, 6.45) is 3.49. The minimum absolute atomic E-state index is 0.217. The Bertz CT molecular complexity index is 984. The molecule has 0 bridgehead atoms. The van der Waals surface area contributed by atoms with Crippen molar-refractivity contribution >= 4 is 21.8 Å². The van der Waals surface area contributed by atoms with Crippen LogP contribution in [-0.2, 0) is 10.0 Å². The van der Waals surface area contributed by atoms with Gasteiger partial charge in [0.25, 0.3) is 0 Å². The summed E-state index contributed by atoms with van der Waals surface area (Å²) in [4.78, 5) is 4.49. The smallest absolute Gasteiger partial charge is 0.246 e. The van der Waals surface area contributed by atoms with Gasteiger partial charge in [-0.2, -0.15) is 8.68 Å². The van der Waals surface area contributed by atoms with Crippen molar-refractivity contribution in [3.05, 3.63) is 42.6 Å². The number of hydrogen-bond donors (Lipinski definition) is 0. The molecular weight excluding hydrogens is 376 g/mol. The van der Waals surface area contributed by atoms with Gasteiger partial charge in [-0.05, 0) is 18.6 Å². The van der Waals surface area contributed by atoms with Crippen LogP contribution < -0.4 is 4.74 Å². The normalized spacial score (nSPS) is 18.3. The maximum absolute atomic E-state index is 12.8. The van der Waals surface area contributed by atoms with E-state index in [0.717, 1.165) is 17.3 Å². The van der Waals surface area contributed by atoms with Crippen LogP contribution in [0.5, 0.6) is 5.88 Å². The van der Waals surface area contributed by atoms with Gasteiger partial charge in [-0.15, -0.1) is 4.37 Å². The molecule has 0 N–H and O–H groups in total. The zero-order valence-electron chi connectivity index (χ0n) is 13.9. The van der Waals surface area contributed by atoms with E-state index in [2.05, 4.69) is 13.7 Å². The SMILES string of the molecule is Cc1nc(-c2ccc(S(=O)(=O)N3CCC(Oc4cnsn4)C3)cc2)co1. The van der Waals surface area contributed by atoms with Gasteiger partial charge in [0.15, 0.2) is 5.89 Å². The van der Waals surface area contributed by atoms with Crippen LogP contribution in [0.15, 0.2) is 46.0 Å². The fourth-order valence-electron chi connectivity index (χ4n) is 2.83. The Kier molecular flexibility index (Phi) is 4.47. The molecule has 0 saturated carbocycles. The van der Waals surface area contributed by atoms with Crippen LogP contribution in [0, 0.1) is 6.92 Å². The van der Waals surface area contributed by atoms with Gasteiger partial charge in [0.2, 0.25) is 15.9 Å². The van der Waals surface area contributed by atoms with E-state index in [9.17, 15) is 8.42 Å². The third-order valence-electron chi connectivity index (χ3n) is 4.14. The zero-order chi connectivity index (χ0) is 18.1. The summed E-state index contributed by atoms with van der Waals surface area (Å²) >= 11 is 1.06. The minimum Gasteiger partial charge on any atom is -0.471 e. The highest BCUT2D eigenvalue weighted by molar-refractivity contribution is 7.89. The van der Waals surface area contributed by atoms with Gasteiger partial charge in [-0.1, -0.05) is 12.1 Å².